The van der Waals surface area contributed by atoms with Crippen LogP contribution in [-0.4, -0.2) is 23.3 Å². The van der Waals surface area contributed by atoms with E-state index in [2.05, 4.69) is 0 Å². The number of likely N-dealkylation sites (tertiary alicyclic amines) is 1. The first-order valence-electron chi connectivity index (χ1n) is 7.85. The third kappa shape index (κ3) is 4.23. The van der Waals surface area contributed by atoms with Crippen LogP contribution < -0.4 is 4.74 Å². The van der Waals surface area contributed by atoms with Gasteiger partial charge < -0.3 is 4.74 Å². The van der Waals surface area contributed by atoms with Gasteiger partial charge in [-0.2, -0.15) is 13.2 Å². The molecule has 2 aromatic rings. The van der Waals surface area contributed by atoms with Crippen LogP contribution in [0.15, 0.2) is 36.4 Å². The maximum Gasteiger partial charge on any atom is 0.416 e. The van der Waals surface area contributed by atoms with E-state index >= 15 is 0 Å². The average molecular weight is 493 g/mol. The van der Waals surface area contributed by atoms with E-state index in [1.165, 1.54) is 12.1 Å². The number of alkyl halides is 3. The molecule has 0 aromatic heterocycles. The van der Waals surface area contributed by atoms with E-state index in [-0.39, 0.29) is 17.2 Å². The Morgan fingerprint density at radius 1 is 1.15 bits per heavy atom. The molecule has 0 bridgehead atoms. The summed E-state index contributed by atoms with van der Waals surface area (Å²) in [6.07, 6.45) is -3.77. The van der Waals surface area contributed by atoms with Crippen molar-refractivity contribution in [2.24, 2.45) is 0 Å². The van der Waals surface area contributed by atoms with Crippen molar-refractivity contribution in [2.45, 2.75) is 19.0 Å². The molecule has 0 atom stereocenters. The van der Waals surface area contributed by atoms with Crippen molar-refractivity contribution >= 4 is 34.4 Å². The summed E-state index contributed by atoms with van der Waals surface area (Å²) in [5.74, 6) is -2.26. The topological polar surface area (TPSA) is 46.6 Å². The van der Waals surface area contributed by atoms with E-state index in [1.54, 1.807) is 6.07 Å². The molecule has 2 aromatic carbocycles. The average Bonchev–Trinajstić information content (AvgIpc) is 3.02. The minimum Gasteiger partial charge on any atom is -0.454 e. The Hall–Kier alpha value is -2.17. The van der Waals surface area contributed by atoms with Crippen LogP contribution in [0.5, 0.6) is 11.5 Å². The predicted molar refractivity (Wildman–Crippen MR) is 95.9 cm³/mol. The summed E-state index contributed by atoms with van der Waals surface area (Å²) in [5.41, 5.74) is -0.922. The maximum atomic E-state index is 14.0. The van der Waals surface area contributed by atoms with E-state index in [1.807, 2.05) is 22.6 Å². The van der Waals surface area contributed by atoms with Crippen molar-refractivity contribution in [2.75, 3.05) is 6.54 Å². The molecule has 0 radical (unpaired) electrons. The van der Waals surface area contributed by atoms with Gasteiger partial charge in [0.2, 0.25) is 5.91 Å². The minimum atomic E-state index is -4.66. The largest absolute Gasteiger partial charge is 0.454 e. The highest BCUT2D eigenvalue weighted by Gasteiger charge is 2.32. The van der Waals surface area contributed by atoms with Crippen LogP contribution >= 0.6 is 22.6 Å². The predicted octanol–water partition coefficient (Wildman–Crippen LogP) is 5.00. The zero-order valence-corrected chi connectivity index (χ0v) is 15.8. The molecule has 1 saturated heterocycles. The monoisotopic (exact) mass is 493 g/mol. The Labute approximate surface area is 165 Å². The number of rotatable bonds is 3. The zero-order valence-electron chi connectivity index (χ0n) is 13.6. The molecule has 0 N–H and O–H groups in total. The fourth-order valence-electron chi connectivity index (χ4n) is 2.63. The van der Waals surface area contributed by atoms with Gasteiger partial charge in [-0.15, -0.1) is 0 Å². The lowest BCUT2D eigenvalue weighted by Crippen LogP contribution is -2.32. The normalized spacial score (nSPS) is 14.6. The van der Waals surface area contributed by atoms with Crippen molar-refractivity contribution < 1.29 is 31.9 Å². The van der Waals surface area contributed by atoms with Crippen LogP contribution in [0.25, 0.3) is 0 Å². The molecule has 0 unspecified atom stereocenters. The third-order valence-corrected chi connectivity index (χ3v) is 4.91. The Bertz CT molecular complexity index is 914. The smallest absolute Gasteiger partial charge is 0.416 e. The zero-order chi connectivity index (χ0) is 19.8. The van der Waals surface area contributed by atoms with Gasteiger partial charge in [-0.3, -0.25) is 14.5 Å². The quantitative estimate of drug-likeness (QED) is 0.344. The van der Waals surface area contributed by atoms with E-state index in [0.717, 1.165) is 11.0 Å². The lowest BCUT2D eigenvalue weighted by Gasteiger charge is -2.16. The summed E-state index contributed by atoms with van der Waals surface area (Å²) in [4.78, 5) is 25.5. The Kier molecular flexibility index (Phi) is 5.41. The second-order valence-corrected chi connectivity index (χ2v) is 7.00. The number of carbonyl (C=O) groups is 2. The van der Waals surface area contributed by atoms with Crippen molar-refractivity contribution in [3.05, 3.63) is 56.9 Å². The first-order valence-corrected chi connectivity index (χ1v) is 8.93. The fraction of sp³-hybridized carbons (Fsp3) is 0.222. The van der Waals surface area contributed by atoms with Crippen molar-refractivity contribution in [1.29, 1.82) is 0 Å². The summed E-state index contributed by atoms with van der Waals surface area (Å²) < 4.78 is 57.7. The molecule has 2 amide bonds. The number of halogens is 5. The van der Waals surface area contributed by atoms with Gasteiger partial charge in [0.05, 0.1) is 11.1 Å². The number of benzene rings is 2. The molecule has 0 aliphatic carbocycles. The van der Waals surface area contributed by atoms with Gasteiger partial charge in [0, 0.05) is 16.5 Å². The van der Waals surface area contributed by atoms with Crippen LogP contribution in [0.3, 0.4) is 0 Å². The number of amides is 2. The van der Waals surface area contributed by atoms with Gasteiger partial charge in [0.25, 0.3) is 5.91 Å². The lowest BCUT2D eigenvalue weighted by atomic mass is 10.2. The van der Waals surface area contributed by atoms with Gasteiger partial charge in [-0.05, 0) is 65.4 Å². The van der Waals surface area contributed by atoms with Gasteiger partial charge in [0.1, 0.15) is 5.75 Å². The molecule has 0 saturated carbocycles. The molecule has 4 nitrogen and oxygen atoms in total. The number of hydrogen-bond donors (Lipinski definition) is 0. The van der Waals surface area contributed by atoms with Crippen LogP contribution in [0.4, 0.5) is 17.6 Å². The molecule has 142 valence electrons. The van der Waals surface area contributed by atoms with Crippen LogP contribution in [0.2, 0.25) is 0 Å². The van der Waals surface area contributed by atoms with Gasteiger partial charge >= 0.3 is 6.18 Å². The van der Waals surface area contributed by atoms with Crippen molar-refractivity contribution in [3.8, 4) is 11.5 Å². The van der Waals surface area contributed by atoms with E-state index < -0.39 is 29.2 Å². The standard InChI is InChI=1S/C18H12F4INO3/c19-13-8-10(18(20,21)22)3-6-15(13)27-11-4-5-14(23)12(9-11)17(26)24-7-1-2-16(24)25/h3-6,8-9H,1-2,7H2. The molecule has 1 heterocycles. The second kappa shape index (κ2) is 7.45. The van der Waals surface area contributed by atoms with Crippen molar-refractivity contribution in [1.82, 2.24) is 4.90 Å². The van der Waals surface area contributed by atoms with E-state index in [4.69, 9.17) is 4.74 Å². The first-order chi connectivity index (χ1) is 12.7. The molecule has 1 aliphatic rings. The Morgan fingerprint density at radius 2 is 1.89 bits per heavy atom. The van der Waals surface area contributed by atoms with E-state index in [9.17, 15) is 27.2 Å². The number of nitrogens with zero attached hydrogens (tertiary/aromatic N) is 1. The van der Waals surface area contributed by atoms with Crippen LogP contribution in [0.1, 0.15) is 28.8 Å². The summed E-state index contributed by atoms with van der Waals surface area (Å²) in [5, 5.41) is 0. The van der Waals surface area contributed by atoms with Crippen LogP contribution in [-0.2, 0) is 11.0 Å². The fourth-order valence-corrected chi connectivity index (χ4v) is 3.19. The Balaban J connectivity index is 1.86. The highest BCUT2D eigenvalue weighted by Crippen LogP contribution is 2.34. The lowest BCUT2D eigenvalue weighted by molar-refractivity contribution is -0.137. The van der Waals surface area contributed by atoms with Crippen LogP contribution in [0, 0.1) is 9.39 Å². The second-order valence-electron chi connectivity index (χ2n) is 5.84. The number of hydrogen-bond acceptors (Lipinski definition) is 3. The molecule has 0 spiro atoms. The van der Waals surface area contributed by atoms with Crippen molar-refractivity contribution in [3.63, 3.8) is 0 Å². The summed E-state index contributed by atoms with van der Waals surface area (Å²) in [7, 11) is 0. The molecular weight excluding hydrogens is 481 g/mol. The minimum absolute atomic E-state index is 0.0732. The molecule has 27 heavy (non-hydrogen) atoms. The summed E-state index contributed by atoms with van der Waals surface area (Å²) in [6.45, 7) is 0.326. The van der Waals surface area contributed by atoms with Gasteiger partial charge in [-0.25, -0.2) is 4.39 Å². The molecule has 1 aliphatic heterocycles. The van der Waals surface area contributed by atoms with E-state index in [0.29, 0.717) is 35.1 Å². The third-order valence-electron chi connectivity index (χ3n) is 3.97. The highest BCUT2D eigenvalue weighted by atomic mass is 127. The Morgan fingerprint density at radius 3 is 2.48 bits per heavy atom. The number of carbonyl (C=O) groups excluding carboxylic acids is 2. The number of imide groups is 1. The summed E-state index contributed by atoms with van der Waals surface area (Å²) in [6, 6.07) is 6.28. The highest BCUT2D eigenvalue weighted by molar-refractivity contribution is 14.1. The molecular formula is C18H12F4INO3. The molecule has 1 fully saturated rings. The molecule has 3 rings (SSSR count). The first kappa shape index (κ1) is 19.6. The molecule has 9 heteroatoms. The van der Waals surface area contributed by atoms with Gasteiger partial charge in [-0.1, -0.05) is 0 Å². The van der Waals surface area contributed by atoms with Gasteiger partial charge in [0.15, 0.2) is 11.6 Å². The number of ether oxygens (including phenoxy) is 1. The maximum absolute atomic E-state index is 14.0. The summed E-state index contributed by atoms with van der Waals surface area (Å²) >= 11 is 1.92. The SMILES string of the molecule is O=C1CCCN1C(=O)c1cc(Oc2ccc(C(F)(F)F)cc2F)ccc1I.